The van der Waals surface area contributed by atoms with Crippen LogP contribution >= 0.6 is 0 Å². The molecule has 1 aliphatic heterocycles. The summed E-state index contributed by atoms with van der Waals surface area (Å²) in [6, 6.07) is 12.4. The van der Waals surface area contributed by atoms with E-state index in [1.54, 1.807) is 24.3 Å². The van der Waals surface area contributed by atoms with Gasteiger partial charge in [0.15, 0.2) is 0 Å². The second-order valence-electron chi connectivity index (χ2n) is 8.11. The van der Waals surface area contributed by atoms with E-state index in [1.165, 1.54) is 24.3 Å². The molecule has 10 heteroatoms. The van der Waals surface area contributed by atoms with E-state index in [4.69, 9.17) is 19.4 Å². The fourth-order valence-electron chi connectivity index (χ4n) is 2.84. The molecule has 0 aliphatic carbocycles. The molecule has 1 aliphatic rings. The number of carbonyl (C=O) groups excluding carboxylic acids is 2. The van der Waals surface area contributed by atoms with E-state index in [0.29, 0.717) is 5.56 Å². The van der Waals surface area contributed by atoms with E-state index in [1.807, 2.05) is 27.7 Å². The Morgan fingerprint density at radius 2 is 1.20 bits per heavy atom. The van der Waals surface area contributed by atoms with E-state index in [2.05, 4.69) is 10.9 Å². The van der Waals surface area contributed by atoms with E-state index < -0.39 is 37.3 Å². The second-order valence-corrected chi connectivity index (χ2v) is 8.11. The molecule has 3 rings (SSSR count). The molecule has 0 saturated carbocycles. The van der Waals surface area contributed by atoms with Crippen molar-refractivity contribution in [2.24, 2.45) is 0 Å². The minimum absolute atomic E-state index is 0.260. The van der Waals surface area contributed by atoms with Crippen LogP contribution in [-0.2, 0) is 9.31 Å². The largest absolute Gasteiger partial charge is 0.494 e. The summed E-state index contributed by atoms with van der Waals surface area (Å²) < 4.78 is 12.0. The van der Waals surface area contributed by atoms with Crippen molar-refractivity contribution in [2.75, 3.05) is 0 Å². The zero-order valence-electron chi connectivity index (χ0n) is 17.3. The van der Waals surface area contributed by atoms with Crippen LogP contribution in [0, 0.1) is 0 Å². The van der Waals surface area contributed by atoms with Gasteiger partial charge in [0.1, 0.15) is 0 Å². The molecule has 0 radical (unpaired) electrons. The summed E-state index contributed by atoms with van der Waals surface area (Å²) in [6.07, 6.45) is 0. The summed E-state index contributed by atoms with van der Waals surface area (Å²) in [7, 11) is -2.13. The van der Waals surface area contributed by atoms with Gasteiger partial charge in [-0.15, -0.1) is 0 Å². The van der Waals surface area contributed by atoms with Crippen LogP contribution in [0.3, 0.4) is 0 Å². The summed E-state index contributed by atoms with van der Waals surface area (Å²) in [5.74, 6) is -1.01. The summed E-state index contributed by atoms with van der Waals surface area (Å²) >= 11 is 0. The van der Waals surface area contributed by atoms with Crippen LogP contribution < -0.4 is 21.8 Å². The van der Waals surface area contributed by atoms with Crippen LogP contribution in [-0.4, -0.2) is 47.3 Å². The summed E-state index contributed by atoms with van der Waals surface area (Å²) in [4.78, 5) is 24.4. The lowest BCUT2D eigenvalue weighted by atomic mass is 9.79. The lowest BCUT2D eigenvalue weighted by Gasteiger charge is -2.32. The third kappa shape index (κ3) is 4.57. The van der Waals surface area contributed by atoms with Crippen molar-refractivity contribution in [1.29, 1.82) is 0 Å². The highest BCUT2D eigenvalue weighted by molar-refractivity contribution is 6.62. The number of hydrogen-bond acceptors (Lipinski definition) is 6. The maximum absolute atomic E-state index is 12.3. The van der Waals surface area contributed by atoms with Gasteiger partial charge in [0, 0.05) is 11.1 Å². The van der Waals surface area contributed by atoms with E-state index >= 15 is 0 Å². The minimum atomic E-state index is -1.61. The molecule has 4 N–H and O–H groups in total. The van der Waals surface area contributed by atoms with Crippen LogP contribution in [0.4, 0.5) is 0 Å². The molecule has 2 aromatic rings. The predicted molar refractivity (Wildman–Crippen MR) is 113 cm³/mol. The molecule has 1 fully saturated rings. The number of rotatable bonds is 4. The van der Waals surface area contributed by atoms with Gasteiger partial charge >= 0.3 is 14.2 Å². The highest BCUT2D eigenvalue weighted by Crippen LogP contribution is 2.36. The Morgan fingerprint density at radius 1 is 0.800 bits per heavy atom. The van der Waals surface area contributed by atoms with Gasteiger partial charge in [0.25, 0.3) is 11.8 Å². The highest BCUT2D eigenvalue weighted by Gasteiger charge is 2.51. The molecule has 0 bridgehead atoms. The SMILES string of the molecule is CC1(C)OB(c2ccc(C(=O)NNC(=O)c3ccc(B(O)O)cc3)cc2)OC1(C)C. The van der Waals surface area contributed by atoms with E-state index in [0.717, 1.165) is 5.46 Å². The monoisotopic (exact) mass is 410 g/mol. The number of amides is 2. The standard InChI is InChI=1S/C20H24B2N2O6/c1-19(2)20(3,4)30-22(29-19)16-11-7-14(8-12-16)18(26)24-23-17(25)13-5-9-15(10-6-13)21(27)28/h5-12,27-28H,1-4H3,(H,23,25)(H,24,26). The third-order valence-electron chi connectivity index (χ3n) is 5.46. The number of carbonyl (C=O) groups is 2. The zero-order chi connectivity index (χ0) is 22.1. The molecule has 0 atom stereocenters. The fraction of sp³-hybridized carbons (Fsp3) is 0.300. The van der Waals surface area contributed by atoms with Crippen LogP contribution in [0.1, 0.15) is 48.4 Å². The summed E-state index contributed by atoms with van der Waals surface area (Å²) in [5.41, 5.74) is 5.44. The Kier molecular flexibility index (Phi) is 6.05. The summed E-state index contributed by atoms with van der Waals surface area (Å²) in [5, 5.41) is 18.2. The quantitative estimate of drug-likeness (QED) is 0.408. The molecule has 2 aromatic carbocycles. The molecular formula is C20H24B2N2O6. The third-order valence-corrected chi connectivity index (χ3v) is 5.46. The molecule has 0 spiro atoms. The first-order chi connectivity index (χ1) is 14.0. The highest BCUT2D eigenvalue weighted by atomic mass is 16.7. The molecular weight excluding hydrogens is 386 g/mol. The molecule has 1 saturated heterocycles. The van der Waals surface area contributed by atoms with Crippen molar-refractivity contribution >= 4 is 37.0 Å². The smallest absolute Gasteiger partial charge is 0.423 e. The van der Waals surface area contributed by atoms with Crippen molar-refractivity contribution in [1.82, 2.24) is 10.9 Å². The van der Waals surface area contributed by atoms with E-state index in [9.17, 15) is 9.59 Å². The van der Waals surface area contributed by atoms with Crippen molar-refractivity contribution in [3.63, 3.8) is 0 Å². The molecule has 30 heavy (non-hydrogen) atoms. The Morgan fingerprint density at radius 3 is 1.60 bits per heavy atom. The Labute approximate surface area is 175 Å². The van der Waals surface area contributed by atoms with Crippen molar-refractivity contribution in [2.45, 2.75) is 38.9 Å². The van der Waals surface area contributed by atoms with Gasteiger partial charge in [-0.25, -0.2) is 0 Å². The predicted octanol–water partition coefficient (Wildman–Crippen LogP) is -0.260. The van der Waals surface area contributed by atoms with Gasteiger partial charge in [-0.2, -0.15) is 0 Å². The molecule has 0 aromatic heterocycles. The fourth-order valence-corrected chi connectivity index (χ4v) is 2.84. The Bertz CT molecular complexity index is 913. The van der Waals surface area contributed by atoms with Gasteiger partial charge in [0.05, 0.1) is 11.2 Å². The average Bonchev–Trinajstić information content (AvgIpc) is 2.93. The second kappa shape index (κ2) is 8.23. The van der Waals surface area contributed by atoms with Crippen LogP contribution in [0.5, 0.6) is 0 Å². The van der Waals surface area contributed by atoms with Crippen LogP contribution in [0.2, 0.25) is 0 Å². The first kappa shape index (κ1) is 22.0. The first-order valence-electron chi connectivity index (χ1n) is 9.52. The van der Waals surface area contributed by atoms with Crippen LogP contribution in [0.15, 0.2) is 48.5 Å². The summed E-state index contributed by atoms with van der Waals surface area (Å²) in [6.45, 7) is 7.88. The molecule has 8 nitrogen and oxygen atoms in total. The van der Waals surface area contributed by atoms with Gasteiger partial charge in [0.2, 0.25) is 0 Å². The van der Waals surface area contributed by atoms with E-state index in [-0.39, 0.29) is 11.0 Å². The Hall–Kier alpha value is -2.65. The average molecular weight is 410 g/mol. The van der Waals surface area contributed by atoms with Crippen molar-refractivity contribution < 1.29 is 28.9 Å². The number of benzene rings is 2. The molecule has 156 valence electrons. The normalized spacial score (nSPS) is 16.8. The number of hydrazine groups is 1. The Balaban J connectivity index is 1.58. The maximum Gasteiger partial charge on any atom is 0.494 e. The lowest BCUT2D eigenvalue weighted by Crippen LogP contribution is -2.42. The van der Waals surface area contributed by atoms with Gasteiger partial charge < -0.3 is 19.4 Å². The van der Waals surface area contributed by atoms with Crippen LogP contribution in [0.25, 0.3) is 0 Å². The topological polar surface area (TPSA) is 117 Å². The number of hydrogen-bond donors (Lipinski definition) is 4. The number of nitrogens with one attached hydrogen (secondary N) is 2. The zero-order valence-corrected chi connectivity index (χ0v) is 17.3. The molecule has 1 heterocycles. The van der Waals surface area contributed by atoms with Gasteiger partial charge in [-0.05, 0) is 62.9 Å². The minimum Gasteiger partial charge on any atom is -0.423 e. The van der Waals surface area contributed by atoms with Gasteiger partial charge in [-0.3, -0.25) is 20.4 Å². The lowest BCUT2D eigenvalue weighted by molar-refractivity contribution is 0.00578. The molecule has 0 unspecified atom stereocenters. The van der Waals surface area contributed by atoms with Crippen molar-refractivity contribution in [3.05, 3.63) is 59.7 Å². The molecule has 2 amide bonds. The first-order valence-corrected chi connectivity index (χ1v) is 9.52. The maximum atomic E-state index is 12.3. The van der Waals surface area contributed by atoms with Crippen molar-refractivity contribution in [3.8, 4) is 0 Å². The van der Waals surface area contributed by atoms with Gasteiger partial charge in [-0.1, -0.05) is 24.3 Å².